The van der Waals surface area contributed by atoms with E-state index in [1.807, 2.05) is 0 Å². The Morgan fingerprint density at radius 3 is 2.21 bits per heavy atom. The van der Waals surface area contributed by atoms with E-state index in [0.29, 0.717) is 27.7 Å². The minimum Gasteiger partial charge on any atom is -0.496 e. The molecule has 0 spiro atoms. The third-order valence-corrected chi connectivity index (χ3v) is 4.66. The molecule has 0 aromatic heterocycles. The summed E-state index contributed by atoms with van der Waals surface area (Å²) in [6.07, 6.45) is 0. The zero-order chi connectivity index (χ0) is 23.8. The summed E-state index contributed by atoms with van der Waals surface area (Å²) in [7, 11) is 1.46. The number of carbonyl (C=O) groups is 3. The van der Waals surface area contributed by atoms with Crippen molar-refractivity contribution in [2.45, 2.75) is 6.92 Å². The number of anilines is 1. The van der Waals surface area contributed by atoms with Gasteiger partial charge in [0, 0.05) is 16.3 Å². The Balaban J connectivity index is 1.71. The second-order valence-electron chi connectivity index (χ2n) is 6.69. The van der Waals surface area contributed by atoms with Gasteiger partial charge in [-0.1, -0.05) is 41.9 Å². The molecule has 33 heavy (non-hydrogen) atoms. The molecule has 0 aliphatic heterocycles. The first-order valence-corrected chi connectivity index (χ1v) is 10.1. The molecule has 0 fully saturated rings. The first kappa shape index (κ1) is 23.5. The highest BCUT2D eigenvalue weighted by atomic mass is 35.5. The van der Waals surface area contributed by atoms with Crippen molar-refractivity contribution < 1.29 is 23.9 Å². The van der Waals surface area contributed by atoms with E-state index in [1.54, 1.807) is 73.7 Å². The predicted octanol–water partition coefficient (Wildman–Crippen LogP) is 4.05. The van der Waals surface area contributed by atoms with Gasteiger partial charge in [-0.25, -0.2) is 10.2 Å². The summed E-state index contributed by atoms with van der Waals surface area (Å²) in [5, 5.41) is 6.81. The van der Waals surface area contributed by atoms with Gasteiger partial charge in [-0.3, -0.25) is 9.59 Å². The van der Waals surface area contributed by atoms with Crippen LogP contribution >= 0.6 is 11.6 Å². The normalized spacial score (nSPS) is 10.8. The highest BCUT2D eigenvalue weighted by molar-refractivity contribution is 6.40. The van der Waals surface area contributed by atoms with Gasteiger partial charge >= 0.3 is 17.8 Å². The number of hydrogen-bond donors (Lipinski definition) is 2. The van der Waals surface area contributed by atoms with E-state index in [-0.39, 0.29) is 11.3 Å². The van der Waals surface area contributed by atoms with Crippen molar-refractivity contribution in [3.05, 3.63) is 88.9 Å². The van der Waals surface area contributed by atoms with Crippen LogP contribution in [0.25, 0.3) is 0 Å². The second-order valence-corrected chi connectivity index (χ2v) is 7.13. The fourth-order valence-corrected chi connectivity index (χ4v) is 3.01. The van der Waals surface area contributed by atoms with Crippen molar-refractivity contribution in [3.63, 3.8) is 0 Å². The van der Waals surface area contributed by atoms with Crippen molar-refractivity contribution in [2.24, 2.45) is 5.10 Å². The van der Waals surface area contributed by atoms with Gasteiger partial charge in [-0.05, 0) is 49.4 Å². The SMILES string of the molecule is COc1ccccc1C(=O)Oc1ccccc1/C(C)=N/NC(=O)C(=O)Nc1cccc(Cl)c1. The maximum Gasteiger partial charge on any atom is 0.347 e. The smallest absolute Gasteiger partial charge is 0.347 e. The fourth-order valence-electron chi connectivity index (χ4n) is 2.82. The van der Waals surface area contributed by atoms with Crippen LogP contribution in [0.15, 0.2) is 77.9 Å². The van der Waals surface area contributed by atoms with Crippen LogP contribution in [0.1, 0.15) is 22.8 Å². The summed E-state index contributed by atoms with van der Waals surface area (Å²) >= 11 is 5.87. The topological polar surface area (TPSA) is 106 Å². The van der Waals surface area contributed by atoms with Gasteiger partial charge in [-0.15, -0.1) is 0 Å². The Morgan fingerprint density at radius 2 is 1.52 bits per heavy atom. The summed E-state index contributed by atoms with van der Waals surface area (Å²) in [5.74, 6) is -1.89. The van der Waals surface area contributed by atoms with Gasteiger partial charge in [-0.2, -0.15) is 5.10 Å². The maximum atomic E-state index is 12.6. The summed E-state index contributed by atoms with van der Waals surface area (Å²) in [6.45, 7) is 1.60. The molecule has 3 rings (SSSR count). The van der Waals surface area contributed by atoms with Crippen LogP contribution in [0.3, 0.4) is 0 Å². The number of benzene rings is 3. The molecule has 2 amide bonds. The van der Waals surface area contributed by atoms with E-state index in [4.69, 9.17) is 21.1 Å². The highest BCUT2D eigenvalue weighted by Crippen LogP contribution is 2.23. The lowest BCUT2D eigenvalue weighted by Gasteiger charge is -2.11. The van der Waals surface area contributed by atoms with Gasteiger partial charge < -0.3 is 14.8 Å². The highest BCUT2D eigenvalue weighted by Gasteiger charge is 2.18. The Hall–Kier alpha value is -4.17. The standard InChI is InChI=1S/C24H20ClN3O5/c1-15(27-28-23(30)22(29)26-17-9-7-8-16(25)14-17)18-10-3-6-13-21(18)33-24(31)19-11-4-5-12-20(19)32-2/h3-14H,1-2H3,(H,26,29)(H,28,30)/b27-15+. The number of ether oxygens (including phenoxy) is 2. The number of hydrogen-bond acceptors (Lipinski definition) is 6. The number of amides is 2. The number of esters is 1. The Kier molecular flexibility index (Phi) is 7.77. The minimum absolute atomic E-state index is 0.229. The van der Waals surface area contributed by atoms with E-state index in [9.17, 15) is 14.4 Å². The van der Waals surface area contributed by atoms with E-state index in [0.717, 1.165) is 0 Å². The predicted molar refractivity (Wildman–Crippen MR) is 125 cm³/mol. The molecule has 0 atom stereocenters. The molecule has 0 saturated heterocycles. The van der Waals surface area contributed by atoms with Gasteiger partial charge in [0.25, 0.3) is 0 Å². The number of carbonyl (C=O) groups excluding carboxylic acids is 3. The quantitative estimate of drug-likeness (QED) is 0.188. The van der Waals surface area contributed by atoms with Crippen molar-refractivity contribution >= 4 is 40.8 Å². The molecule has 8 nitrogen and oxygen atoms in total. The molecule has 0 heterocycles. The molecule has 3 aromatic rings. The summed E-state index contributed by atoms with van der Waals surface area (Å²) in [5.41, 5.74) is 3.60. The molecule has 0 aliphatic carbocycles. The van der Waals surface area contributed by atoms with Crippen molar-refractivity contribution in [3.8, 4) is 11.5 Å². The van der Waals surface area contributed by atoms with E-state index in [2.05, 4.69) is 15.8 Å². The molecular formula is C24H20ClN3O5. The average molecular weight is 466 g/mol. The molecule has 0 radical (unpaired) electrons. The lowest BCUT2D eigenvalue weighted by atomic mass is 10.1. The molecule has 2 N–H and O–H groups in total. The lowest BCUT2D eigenvalue weighted by molar-refractivity contribution is -0.136. The van der Waals surface area contributed by atoms with E-state index < -0.39 is 17.8 Å². The van der Waals surface area contributed by atoms with Gasteiger partial charge in [0.1, 0.15) is 17.1 Å². The Labute approximate surface area is 195 Å². The zero-order valence-corrected chi connectivity index (χ0v) is 18.6. The largest absolute Gasteiger partial charge is 0.496 e. The first-order valence-electron chi connectivity index (χ1n) is 9.75. The number of para-hydroxylation sites is 2. The van der Waals surface area contributed by atoms with Crippen LogP contribution in [0.2, 0.25) is 5.02 Å². The van der Waals surface area contributed by atoms with Gasteiger partial charge in [0.2, 0.25) is 0 Å². The molecule has 3 aromatic carbocycles. The molecule has 0 aliphatic rings. The second kappa shape index (κ2) is 10.9. The van der Waals surface area contributed by atoms with Crippen LogP contribution in [-0.4, -0.2) is 30.6 Å². The minimum atomic E-state index is -0.974. The van der Waals surface area contributed by atoms with Gasteiger partial charge in [0.15, 0.2) is 0 Å². The first-order chi connectivity index (χ1) is 15.9. The van der Waals surface area contributed by atoms with Crippen LogP contribution in [-0.2, 0) is 9.59 Å². The van der Waals surface area contributed by atoms with E-state index >= 15 is 0 Å². The summed E-state index contributed by atoms with van der Waals surface area (Å²) < 4.78 is 10.7. The van der Waals surface area contributed by atoms with Crippen LogP contribution in [0.4, 0.5) is 5.69 Å². The summed E-state index contributed by atoms with van der Waals surface area (Å²) in [4.78, 5) is 36.9. The molecule has 9 heteroatoms. The fraction of sp³-hybridized carbons (Fsp3) is 0.0833. The molecule has 168 valence electrons. The number of rotatable bonds is 6. The summed E-state index contributed by atoms with van der Waals surface area (Å²) in [6, 6.07) is 19.7. The number of halogens is 1. The molecule has 0 unspecified atom stereocenters. The number of methoxy groups -OCH3 is 1. The zero-order valence-electron chi connectivity index (χ0n) is 17.8. The van der Waals surface area contributed by atoms with Crippen LogP contribution < -0.4 is 20.2 Å². The maximum absolute atomic E-state index is 12.6. The average Bonchev–Trinajstić information content (AvgIpc) is 2.82. The lowest BCUT2D eigenvalue weighted by Crippen LogP contribution is -2.33. The van der Waals surface area contributed by atoms with Crippen LogP contribution in [0.5, 0.6) is 11.5 Å². The van der Waals surface area contributed by atoms with Crippen molar-refractivity contribution in [1.29, 1.82) is 0 Å². The monoisotopic (exact) mass is 465 g/mol. The van der Waals surface area contributed by atoms with Crippen LogP contribution in [0, 0.1) is 0 Å². The Morgan fingerprint density at radius 1 is 0.848 bits per heavy atom. The molecule has 0 bridgehead atoms. The molecule has 0 saturated carbocycles. The number of nitrogens with zero attached hydrogens (tertiary/aromatic N) is 1. The number of hydrazone groups is 1. The van der Waals surface area contributed by atoms with Crippen molar-refractivity contribution in [1.82, 2.24) is 5.43 Å². The number of nitrogens with one attached hydrogen (secondary N) is 2. The van der Waals surface area contributed by atoms with E-state index in [1.165, 1.54) is 13.2 Å². The Bertz CT molecular complexity index is 1230. The third kappa shape index (κ3) is 6.18. The van der Waals surface area contributed by atoms with Gasteiger partial charge in [0.05, 0.1) is 12.8 Å². The third-order valence-electron chi connectivity index (χ3n) is 4.42. The molecular weight excluding hydrogens is 446 g/mol. The van der Waals surface area contributed by atoms with Crippen molar-refractivity contribution in [2.75, 3.05) is 12.4 Å².